The molecule has 0 fully saturated rings. The van der Waals surface area contributed by atoms with Crippen LogP contribution in [0.5, 0.6) is 0 Å². The van der Waals surface area contributed by atoms with Crippen LogP contribution in [0, 0.1) is 23.7 Å². The normalized spacial score (nSPS) is 11.2. The van der Waals surface area contributed by atoms with Crippen LogP contribution in [0.3, 0.4) is 0 Å². The molecular weight excluding hydrogens is 146 g/mol. The number of hydrogen-bond donors (Lipinski definition) is 0. The van der Waals surface area contributed by atoms with Crippen LogP contribution >= 0.6 is 0 Å². The lowest BCUT2D eigenvalue weighted by Gasteiger charge is -2.05. The van der Waals surface area contributed by atoms with E-state index in [1.54, 1.807) is 6.07 Å². The molecule has 0 bridgehead atoms. The molecule has 1 aromatic rings. The summed E-state index contributed by atoms with van der Waals surface area (Å²) in [6.07, 6.45) is 5.27. The lowest BCUT2D eigenvalue weighted by molar-refractivity contribution is 0.999. The standard InChI is InChI=1S/C11H9N/c1-3-9(2)11-7-5-4-6-10(11)8-12/h1,4-7,9H,2H3. The fraction of sp³-hybridized carbons (Fsp3) is 0.182. The molecule has 1 atom stereocenters. The first-order valence-corrected chi connectivity index (χ1v) is 3.74. The summed E-state index contributed by atoms with van der Waals surface area (Å²) in [7, 11) is 0. The molecule has 0 aliphatic carbocycles. The third-order valence-corrected chi connectivity index (χ3v) is 1.80. The highest BCUT2D eigenvalue weighted by Gasteiger charge is 2.05. The summed E-state index contributed by atoms with van der Waals surface area (Å²) in [5, 5.41) is 8.74. The maximum absolute atomic E-state index is 8.74. The number of nitrogens with zero attached hydrogens (tertiary/aromatic N) is 1. The van der Waals surface area contributed by atoms with Crippen molar-refractivity contribution in [3.8, 4) is 18.4 Å². The number of terminal acetylenes is 1. The number of nitriles is 1. The minimum atomic E-state index is 0.0147. The van der Waals surface area contributed by atoms with E-state index in [0.29, 0.717) is 5.56 Å². The number of hydrogen-bond acceptors (Lipinski definition) is 1. The van der Waals surface area contributed by atoms with Crippen molar-refractivity contribution < 1.29 is 0 Å². The van der Waals surface area contributed by atoms with Gasteiger partial charge in [0.2, 0.25) is 0 Å². The van der Waals surface area contributed by atoms with Crippen LogP contribution in [-0.4, -0.2) is 0 Å². The number of benzene rings is 1. The van der Waals surface area contributed by atoms with Gasteiger partial charge in [-0.25, -0.2) is 0 Å². The van der Waals surface area contributed by atoms with E-state index in [9.17, 15) is 0 Å². The van der Waals surface area contributed by atoms with Crippen molar-refractivity contribution >= 4 is 0 Å². The van der Waals surface area contributed by atoms with Crippen molar-refractivity contribution in [1.82, 2.24) is 0 Å². The van der Waals surface area contributed by atoms with E-state index < -0.39 is 0 Å². The van der Waals surface area contributed by atoms with Crippen molar-refractivity contribution in [3.63, 3.8) is 0 Å². The van der Waals surface area contributed by atoms with E-state index in [1.807, 2.05) is 25.1 Å². The predicted molar refractivity (Wildman–Crippen MR) is 48.4 cm³/mol. The zero-order chi connectivity index (χ0) is 8.97. The molecule has 0 N–H and O–H groups in total. The molecule has 0 saturated heterocycles. The summed E-state index contributed by atoms with van der Waals surface area (Å²) in [5.41, 5.74) is 1.60. The van der Waals surface area contributed by atoms with E-state index in [-0.39, 0.29) is 5.92 Å². The SMILES string of the molecule is C#CC(C)c1ccccc1C#N. The lowest BCUT2D eigenvalue weighted by atomic mass is 9.97. The van der Waals surface area contributed by atoms with Gasteiger partial charge in [-0.3, -0.25) is 0 Å². The molecule has 1 nitrogen and oxygen atoms in total. The highest BCUT2D eigenvalue weighted by Crippen LogP contribution is 2.17. The van der Waals surface area contributed by atoms with Gasteiger partial charge in [-0.15, -0.1) is 6.42 Å². The van der Waals surface area contributed by atoms with Gasteiger partial charge in [-0.2, -0.15) is 5.26 Å². The molecule has 1 heteroatoms. The Morgan fingerprint density at radius 3 is 2.67 bits per heavy atom. The fourth-order valence-electron chi connectivity index (χ4n) is 1.07. The third kappa shape index (κ3) is 1.47. The molecule has 0 aliphatic rings. The molecule has 1 rings (SSSR count). The van der Waals surface area contributed by atoms with E-state index in [1.165, 1.54) is 0 Å². The second-order valence-corrected chi connectivity index (χ2v) is 2.59. The summed E-state index contributed by atoms with van der Waals surface area (Å²) in [4.78, 5) is 0. The summed E-state index contributed by atoms with van der Waals surface area (Å²) >= 11 is 0. The molecule has 0 amide bonds. The number of rotatable bonds is 1. The molecule has 0 aliphatic heterocycles. The van der Waals surface area contributed by atoms with Crippen LogP contribution < -0.4 is 0 Å². The van der Waals surface area contributed by atoms with Gasteiger partial charge >= 0.3 is 0 Å². The van der Waals surface area contributed by atoms with Crippen LogP contribution in [0.1, 0.15) is 24.0 Å². The van der Waals surface area contributed by atoms with Crippen LogP contribution in [0.15, 0.2) is 24.3 Å². The molecule has 1 aromatic carbocycles. The Bertz CT molecular complexity index is 352. The van der Waals surface area contributed by atoms with Crippen LogP contribution in [0.2, 0.25) is 0 Å². The van der Waals surface area contributed by atoms with Crippen molar-refractivity contribution in [2.24, 2.45) is 0 Å². The Morgan fingerprint density at radius 1 is 1.42 bits per heavy atom. The third-order valence-electron chi connectivity index (χ3n) is 1.80. The molecule has 0 saturated carbocycles. The Balaban J connectivity index is 3.18. The van der Waals surface area contributed by atoms with Gasteiger partial charge in [0, 0.05) is 5.92 Å². The van der Waals surface area contributed by atoms with E-state index >= 15 is 0 Å². The minimum Gasteiger partial charge on any atom is -0.192 e. The van der Waals surface area contributed by atoms with Crippen molar-refractivity contribution in [1.29, 1.82) is 5.26 Å². The Hall–Kier alpha value is -1.73. The Labute approximate surface area is 72.6 Å². The second-order valence-electron chi connectivity index (χ2n) is 2.59. The first-order chi connectivity index (χ1) is 5.79. The zero-order valence-corrected chi connectivity index (χ0v) is 6.91. The molecule has 0 radical (unpaired) electrons. The zero-order valence-electron chi connectivity index (χ0n) is 6.91. The molecular formula is C11H9N. The smallest absolute Gasteiger partial charge is 0.0994 e. The summed E-state index contributed by atoms with van der Waals surface area (Å²) in [6, 6.07) is 9.52. The highest BCUT2D eigenvalue weighted by atomic mass is 14.2. The summed E-state index contributed by atoms with van der Waals surface area (Å²) in [5.74, 6) is 2.62. The van der Waals surface area contributed by atoms with Crippen LogP contribution in [0.4, 0.5) is 0 Å². The molecule has 0 heterocycles. The molecule has 1 unspecified atom stereocenters. The fourth-order valence-corrected chi connectivity index (χ4v) is 1.07. The van der Waals surface area contributed by atoms with Crippen LogP contribution in [-0.2, 0) is 0 Å². The van der Waals surface area contributed by atoms with Crippen molar-refractivity contribution in [2.75, 3.05) is 0 Å². The molecule has 0 aromatic heterocycles. The van der Waals surface area contributed by atoms with E-state index in [0.717, 1.165) is 5.56 Å². The largest absolute Gasteiger partial charge is 0.192 e. The van der Waals surface area contributed by atoms with Gasteiger partial charge in [0.15, 0.2) is 0 Å². The van der Waals surface area contributed by atoms with Gasteiger partial charge in [0.1, 0.15) is 0 Å². The molecule has 58 valence electrons. The van der Waals surface area contributed by atoms with Crippen molar-refractivity contribution in [3.05, 3.63) is 35.4 Å². The predicted octanol–water partition coefficient (Wildman–Crippen LogP) is 2.29. The highest BCUT2D eigenvalue weighted by molar-refractivity contribution is 5.41. The summed E-state index contributed by atoms with van der Waals surface area (Å²) in [6.45, 7) is 1.91. The molecule has 0 spiro atoms. The van der Waals surface area contributed by atoms with Gasteiger partial charge in [0.25, 0.3) is 0 Å². The van der Waals surface area contributed by atoms with Crippen molar-refractivity contribution in [2.45, 2.75) is 12.8 Å². The first kappa shape index (κ1) is 8.37. The van der Waals surface area contributed by atoms with Gasteiger partial charge in [0.05, 0.1) is 11.6 Å². The van der Waals surface area contributed by atoms with Gasteiger partial charge in [-0.05, 0) is 18.6 Å². The van der Waals surface area contributed by atoms with Gasteiger partial charge < -0.3 is 0 Å². The second kappa shape index (κ2) is 3.60. The Kier molecular flexibility index (Phi) is 2.51. The van der Waals surface area contributed by atoms with E-state index in [4.69, 9.17) is 11.7 Å². The lowest BCUT2D eigenvalue weighted by Crippen LogP contribution is -1.92. The maximum Gasteiger partial charge on any atom is 0.0994 e. The topological polar surface area (TPSA) is 23.8 Å². The Morgan fingerprint density at radius 2 is 2.08 bits per heavy atom. The maximum atomic E-state index is 8.74. The van der Waals surface area contributed by atoms with Gasteiger partial charge in [-0.1, -0.05) is 24.1 Å². The van der Waals surface area contributed by atoms with E-state index in [2.05, 4.69) is 12.0 Å². The quantitative estimate of drug-likeness (QED) is 0.571. The minimum absolute atomic E-state index is 0.0147. The average Bonchev–Trinajstić information content (AvgIpc) is 2.16. The first-order valence-electron chi connectivity index (χ1n) is 3.74. The molecule has 12 heavy (non-hydrogen) atoms. The average molecular weight is 155 g/mol. The monoisotopic (exact) mass is 155 g/mol. The van der Waals surface area contributed by atoms with Crippen LogP contribution in [0.25, 0.3) is 0 Å². The summed E-state index contributed by atoms with van der Waals surface area (Å²) < 4.78 is 0.